The highest BCUT2D eigenvalue weighted by Gasteiger charge is 2.31. The van der Waals surface area contributed by atoms with E-state index in [-0.39, 0.29) is 17.9 Å². The first kappa shape index (κ1) is 24.8. The molecule has 9 heteroatoms. The second-order valence-electron chi connectivity index (χ2n) is 10.2. The summed E-state index contributed by atoms with van der Waals surface area (Å²) in [4.78, 5) is 31.3. The van der Waals surface area contributed by atoms with Gasteiger partial charge in [-0.05, 0) is 55.9 Å². The van der Waals surface area contributed by atoms with Crippen molar-refractivity contribution in [2.45, 2.75) is 44.8 Å². The fraction of sp³-hybridized carbons (Fsp3) is 0.593. The lowest BCUT2D eigenvalue weighted by Gasteiger charge is -2.25. The number of carbonyl (C=O) groups excluding carboxylic acids is 2. The van der Waals surface area contributed by atoms with Crippen LogP contribution in [0.15, 0.2) is 30.5 Å². The zero-order chi connectivity index (χ0) is 24.9. The van der Waals surface area contributed by atoms with E-state index in [0.717, 1.165) is 55.1 Å². The number of amides is 2. The highest BCUT2D eigenvalue weighted by Crippen LogP contribution is 2.30. The predicted molar refractivity (Wildman–Crippen MR) is 135 cm³/mol. The van der Waals surface area contributed by atoms with Crippen molar-refractivity contribution in [1.29, 1.82) is 0 Å². The van der Waals surface area contributed by atoms with Crippen molar-refractivity contribution in [3.63, 3.8) is 0 Å². The number of nitrogens with zero attached hydrogens (tertiary/aromatic N) is 4. The Bertz CT molecular complexity index is 1040. The molecule has 3 fully saturated rings. The molecule has 2 saturated heterocycles. The smallest absolute Gasteiger partial charge is 0.236 e. The maximum atomic E-state index is 13.3. The number of carbonyl (C=O) groups is 2. The number of H-pyrrole nitrogens is 1. The molecule has 0 spiro atoms. The largest absolute Gasteiger partial charge is 0.497 e. The van der Waals surface area contributed by atoms with Gasteiger partial charge in [0.2, 0.25) is 11.8 Å². The minimum Gasteiger partial charge on any atom is -0.497 e. The van der Waals surface area contributed by atoms with E-state index in [1.165, 1.54) is 12.8 Å². The van der Waals surface area contributed by atoms with Crippen LogP contribution >= 0.6 is 0 Å². The zero-order valence-electron chi connectivity index (χ0n) is 21.2. The van der Waals surface area contributed by atoms with Gasteiger partial charge in [0.1, 0.15) is 5.75 Å². The van der Waals surface area contributed by atoms with Crippen LogP contribution < -0.4 is 4.74 Å². The average Bonchev–Trinajstić information content (AvgIpc) is 3.50. The topological polar surface area (TPSA) is 91.0 Å². The fourth-order valence-corrected chi connectivity index (χ4v) is 5.12. The van der Waals surface area contributed by atoms with Gasteiger partial charge in [-0.15, -0.1) is 0 Å². The molecule has 3 aliphatic rings. The van der Waals surface area contributed by atoms with Crippen molar-refractivity contribution in [3.05, 3.63) is 36.0 Å². The van der Waals surface area contributed by atoms with Crippen LogP contribution in [0.2, 0.25) is 0 Å². The van der Waals surface area contributed by atoms with Gasteiger partial charge in [-0.3, -0.25) is 19.6 Å². The zero-order valence-corrected chi connectivity index (χ0v) is 21.2. The molecule has 0 radical (unpaired) electrons. The lowest BCUT2D eigenvalue weighted by molar-refractivity contribution is -0.132. The van der Waals surface area contributed by atoms with Crippen LogP contribution in [-0.4, -0.2) is 95.8 Å². The summed E-state index contributed by atoms with van der Waals surface area (Å²) in [6.07, 6.45) is 6.70. The number of likely N-dealkylation sites (tertiary alicyclic amines) is 1. The monoisotopic (exact) mass is 495 g/mol. The normalized spacial score (nSPS) is 21.3. The number of rotatable bonds is 11. The molecule has 1 aromatic heterocycles. The lowest BCUT2D eigenvalue weighted by atomic mass is 10.1. The number of hydrogen-bond acceptors (Lipinski definition) is 6. The third-order valence-corrected chi connectivity index (χ3v) is 7.38. The first-order valence-electron chi connectivity index (χ1n) is 13.1. The van der Waals surface area contributed by atoms with Crippen molar-refractivity contribution in [2.24, 2.45) is 5.92 Å². The van der Waals surface area contributed by atoms with Crippen molar-refractivity contribution in [3.8, 4) is 17.0 Å². The Kier molecular flexibility index (Phi) is 7.87. The molecule has 1 N–H and O–H groups in total. The summed E-state index contributed by atoms with van der Waals surface area (Å²) in [6, 6.07) is 7.89. The molecular formula is C27H37N5O4. The minimum atomic E-state index is -0.0261. The number of hydrogen-bond donors (Lipinski definition) is 1. The van der Waals surface area contributed by atoms with Gasteiger partial charge in [0, 0.05) is 63.4 Å². The van der Waals surface area contributed by atoms with Crippen LogP contribution in [0, 0.1) is 5.92 Å². The highest BCUT2D eigenvalue weighted by molar-refractivity contribution is 5.79. The summed E-state index contributed by atoms with van der Waals surface area (Å²) in [5.74, 6) is 1.84. The molecule has 3 heterocycles. The summed E-state index contributed by atoms with van der Waals surface area (Å²) < 4.78 is 11.6. The average molecular weight is 496 g/mol. The van der Waals surface area contributed by atoms with E-state index >= 15 is 0 Å². The standard InChI is InChI=1S/C27H37N5O4/c1-35-23-9-7-21(8-10-23)27-22(14-28-29-27)15-30-16-24(36-19-20-5-6-20)17-32(26(34)18-30)13-3-12-31-11-2-4-25(31)33/h7-10,14,20,24H,2-6,11-13,15-19H2,1H3,(H,28,29)/t24-/m0/s1. The first-order chi connectivity index (χ1) is 17.6. The molecule has 36 heavy (non-hydrogen) atoms. The summed E-state index contributed by atoms with van der Waals surface area (Å²) in [7, 11) is 1.66. The molecule has 1 saturated carbocycles. The number of benzene rings is 1. The van der Waals surface area contributed by atoms with E-state index in [0.29, 0.717) is 45.1 Å². The van der Waals surface area contributed by atoms with E-state index in [9.17, 15) is 9.59 Å². The Labute approximate surface area is 212 Å². The van der Waals surface area contributed by atoms with Gasteiger partial charge in [0.05, 0.1) is 31.6 Å². The van der Waals surface area contributed by atoms with Gasteiger partial charge < -0.3 is 19.3 Å². The second-order valence-corrected chi connectivity index (χ2v) is 10.2. The third kappa shape index (κ3) is 6.25. The maximum Gasteiger partial charge on any atom is 0.236 e. The van der Waals surface area contributed by atoms with Gasteiger partial charge in [0.25, 0.3) is 0 Å². The Hall–Kier alpha value is -2.91. The van der Waals surface area contributed by atoms with Crippen LogP contribution in [0.1, 0.15) is 37.7 Å². The fourth-order valence-electron chi connectivity index (χ4n) is 5.12. The highest BCUT2D eigenvalue weighted by atomic mass is 16.5. The summed E-state index contributed by atoms with van der Waals surface area (Å²) in [5, 5.41) is 7.42. The molecule has 194 valence electrons. The van der Waals surface area contributed by atoms with Gasteiger partial charge in [-0.1, -0.05) is 0 Å². The summed E-state index contributed by atoms with van der Waals surface area (Å²) >= 11 is 0. The van der Waals surface area contributed by atoms with Crippen LogP contribution in [-0.2, 0) is 20.9 Å². The number of ether oxygens (including phenoxy) is 2. The van der Waals surface area contributed by atoms with Gasteiger partial charge in [0.15, 0.2) is 0 Å². The molecule has 1 aromatic carbocycles. The van der Waals surface area contributed by atoms with Crippen LogP contribution in [0.25, 0.3) is 11.3 Å². The molecule has 2 aliphatic heterocycles. The van der Waals surface area contributed by atoms with E-state index in [2.05, 4.69) is 15.1 Å². The van der Waals surface area contributed by atoms with Crippen molar-refractivity contribution < 1.29 is 19.1 Å². The Morgan fingerprint density at radius 3 is 2.58 bits per heavy atom. The predicted octanol–water partition coefficient (Wildman–Crippen LogP) is 2.54. The molecule has 1 aliphatic carbocycles. The number of nitrogens with one attached hydrogen (secondary N) is 1. The molecule has 9 nitrogen and oxygen atoms in total. The molecule has 0 bridgehead atoms. The summed E-state index contributed by atoms with van der Waals surface area (Å²) in [5.41, 5.74) is 3.04. The van der Waals surface area contributed by atoms with E-state index < -0.39 is 0 Å². The van der Waals surface area contributed by atoms with Gasteiger partial charge >= 0.3 is 0 Å². The van der Waals surface area contributed by atoms with Crippen LogP contribution in [0.4, 0.5) is 0 Å². The van der Waals surface area contributed by atoms with Crippen molar-refractivity contribution in [1.82, 2.24) is 24.9 Å². The van der Waals surface area contributed by atoms with Crippen molar-refractivity contribution >= 4 is 11.8 Å². The molecule has 2 amide bonds. The Morgan fingerprint density at radius 2 is 1.86 bits per heavy atom. The molecule has 2 aromatic rings. The SMILES string of the molecule is COc1ccc(-c2[nH]ncc2CN2CC(=O)N(CCCN3CCCC3=O)C[C@@H](OCC3CC3)C2)cc1. The second kappa shape index (κ2) is 11.4. The molecular weight excluding hydrogens is 458 g/mol. The van der Waals surface area contributed by atoms with Crippen molar-refractivity contribution in [2.75, 3.05) is 53.0 Å². The van der Waals surface area contributed by atoms with Gasteiger partial charge in [-0.25, -0.2) is 0 Å². The molecule has 5 rings (SSSR count). The van der Waals surface area contributed by atoms with Gasteiger partial charge in [-0.2, -0.15) is 5.10 Å². The molecule has 1 atom stereocenters. The Morgan fingerprint density at radius 1 is 1.06 bits per heavy atom. The first-order valence-corrected chi connectivity index (χ1v) is 13.1. The number of aromatic nitrogens is 2. The van der Waals surface area contributed by atoms with Crippen LogP contribution in [0.5, 0.6) is 5.75 Å². The Balaban J connectivity index is 1.24. The lowest BCUT2D eigenvalue weighted by Crippen LogP contribution is -2.40. The van der Waals surface area contributed by atoms with Crippen LogP contribution in [0.3, 0.4) is 0 Å². The number of aromatic amines is 1. The van der Waals surface area contributed by atoms with E-state index in [1.54, 1.807) is 7.11 Å². The summed E-state index contributed by atoms with van der Waals surface area (Å²) in [6.45, 7) is 5.25. The third-order valence-electron chi connectivity index (χ3n) is 7.38. The quantitative estimate of drug-likeness (QED) is 0.515. The van der Waals surface area contributed by atoms with E-state index in [1.807, 2.05) is 40.3 Å². The van der Waals surface area contributed by atoms with E-state index in [4.69, 9.17) is 9.47 Å². The molecule has 0 unspecified atom stereocenters. The minimum absolute atomic E-state index is 0.0261. The maximum absolute atomic E-state index is 13.3. The number of methoxy groups -OCH3 is 1.